The molecule has 1 aliphatic rings. The van der Waals surface area contributed by atoms with E-state index in [1.807, 2.05) is 30.5 Å². The minimum absolute atomic E-state index is 0.543. The van der Waals surface area contributed by atoms with E-state index in [1.165, 1.54) is 24.0 Å². The minimum Gasteiger partial charge on any atom is -0.456 e. The number of nitrogens with one attached hydrogen (secondary N) is 1. The third-order valence-electron chi connectivity index (χ3n) is 4.64. The van der Waals surface area contributed by atoms with Crippen molar-refractivity contribution in [2.45, 2.75) is 32.1 Å². The molecule has 0 atom stereocenters. The molecule has 4 rings (SSSR count). The topological polar surface area (TPSA) is 61.7 Å². The van der Waals surface area contributed by atoms with Crippen molar-refractivity contribution in [2.75, 3.05) is 0 Å². The standard InChI is InChI=1S/C21H19N3O/c22-14-18-6-5-15(12-21-23-9-10-24-21)11-20(18)25-19-8-7-16-3-1-2-4-17(16)13-19/h5-11,13H,1-4,12H2,(H,23,24). The van der Waals surface area contributed by atoms with Crippen LogP contribution in [0.25, 0.3) is 0 Å². The van der Waals surface area contributed by atoms with Gasteiger partial charge in [-0.05, 0) is 66.6 Å². The van der Waals surface area contributed by atoms with Crippen molar-refractivity contribution in [3.8, 4) is 17.6 Å². The van der Waals surface area contributed by atoms with Crippen LogP contribution in [0.15, 0.2) is 48.8 Å². The van der Waals surface area contributed by atoms with Gasteiger partial charge in [0.15, 0.2) is 0 Å². The van der Waals surface area contributed by atoms with E-state index in [1.54, 1.807) is 6.20 Å². The van der Waals surface area contributed by atoms with Gasteiger partial charge in [0.05, 0.1) is 5.56 Å². The van der Waals surface area contributed by atoms with E-state index in [2.05, 4.69) is 28.2 Å². The van der Waals surface area contributed by atoms with E-state index in [4.69, 9.17) is 4.74 Å². The summed E-state index contributed by atoms with van der Waals surface area (Å²) in [5.74, 6) is 2.29. The molecular formula is C21H19N3O. The quantitative estimate of drug-likeness (QED) is 0.764. The summed E-state index contributed by atoms with van der Waals surface area (Å²) in [5.41, 5.74) is 4.39. The fraction of sp³-hybridized carbons (Fsp3) is 0.238. The lowest BCUT2D eigenvalue weighted by Gasteiger charge is -2.17. The average molecular weight is 329 g/mol. The molecule has 3 aromatic rings. The lowest BCUT2D eigenvalue weighted by Crippen LogP contribution is -2.02. The van der Waals surface area contributed by atoms with E-state index < -0.39 is 0 Å². The van der Waals surface area contributed by atoms with Crippen molar-refractivity contribution >= 4 is 0 Å². The lowest BCUT2D eigenvalue weighted by molar-refractivity contribution is 0.478. The maximum Gasteiger partial charge on any atom is 0.145 e. The number of fused-ring (bicyclic) bond motifs is 1. The predicted molar refractivity (Wildman–Crippen MR) is 95.7 cm³/mol. The number of imidazole rings is 1. The SMILES string of the molecule is N#Cc1ccc(Cc2ncc[nH]2)cc1Oc1ccc2c(c1)CCCC2. The number of H-pyrrole nitrogens is 1. The van der Waals surface area contributed by atoms with Gasteiger partial charge in [0, 0.05) is 18.8 Å². The van der Waals surface area contributed by atoms with E-state index >= 15 is 0 Å². The molecule has 1 N–H and O–H groups in total. The Bertz CT molecular complexity index is 923. The van der Waals surface area contributed by atoms with E-state index in [-0.39, 0.29) is 0 Å². The summed E-state index contributed by atoms with van der Waals surface area (Å²) in [6, 6.07) is 14.2. The number of aromatic amines is 1. The molecule has 1 aromatic heterocycles. The van der Waals surface area contributed by atoms with Gasteiger partial charge in [-0.25, -0.2) is 4.98 Å². The zero-order chi connectivity index (χ0) is 17.1. The Hall–Kier alpha value is -3.06. The first-order chi connectivity index (χ1) is 12.3. The van der Waals surface area contributed by atoms with Crippen molar-refractivity contribution in [1.29, 1.82) is 5.26 Å². The van der Waals surface area contributed by atoms with E-state index in [0.29, 0.717) is 17.7 Å². The van der Waals surface area contributed by atoms with Gasteiger partial charge in [0.1, 0.15) is 23.4 Å². The highest BCUT2D eigenvalue weighted by Crippen LogP contribution is 2.30. The van der Waals surface area contributed by atoms with E-state index in [0.717, 1.165) is 30.0 Å². The highest BCUT2D eigenvalue weighted by Gasteiger charge is 2.12. The van der Waals surface area contributed by atoms with Gasteiger partial charge < -0.3 is 9.72 Å². The second-order valence-electron chi connectivity index (χ2n) is 6.39. The van der Waals surface area contributed by atoms with Gasteiger partial charge in [-0.3, -0.25) is 0 Å². The van der Waals surface area contributed by atoms with Crippen LogP contribution in [-0.2, 0) is 19.3 Å². The van der Waals surface area contributed by atoms with E-state index in [9.17, 15) is 5.26 Å². The Kier molecular flexibility index (Phi) is 4.22. The number of nitriles is 1. The first-order valence-corrected chi connectivity index (χ1v) is 8.63. The summed E-state index contributed by atoms with van der Waals surface area (Å²) in [5, 5.41) is 9.39. The van der Waals surface area contributed by atoms with Gasteiger partial charge in [0.2, 0.25) is 0 Å². The Morgan fingerprint density at radius 3 is 2.76 bits per heavy atom. The summed E-state index contributed by atoms with van der Waals surface area (Å²) in [6.07, 6.45) is 8.99. The average Bonchev–Trinajstić information content (AvgIpc) is 3.15. The first-order valence-electron chi connectivity index (χ1n) is 8.63. The third kappa shape index (κ3) is 3.41. The molecule has 0 fully saturated rings. The first kappa shape index (κ1) is 15.5. The van der Waals surface area contributed by atoms with Gasteiger partial charge in [-0.15, -0.1) is 0 Å². The Morgan fingerprint density at radius 2 is 1.96 bits per heavy atom. The molecule has 0 saturated heterocycles. The summed E-state index contributed by atoms with van der Waals surface area (Å²) in [6.45, 7) is 0. The number of aryl methyl sites for hydroxylation is 2. The highest BCUT2D eigenvalue weighted by molar-refractivity contribution is 5.49. The smallest absolute Gasteiger partial charge is 0.145 e. The molecule has 0 saturated carbocycles. The summed E-state index contributed by atoms with van der Waals surface area (Å²) < 4.78 is 6.07. The molecule has 0 amide bonds. The zero-order valence-corrected chi connectivity index (χ0v) is 14.0. The van der Waals surface area contributed by atoms with Gasteiger partial charge in [-0.2, -0.15) is 5.26 Å². The van der Waals surface area contributed by atoms with Crippen LogP contribution in [0.4, 0.5) is 0 Å². The molecule has 0 radical (unpaired) electrons. The Morgan fingerprint density at radius 1 is 1.08 bits per heavy atom. The third-order valence-corrected chi connectivity index (χ3v) is 4.64. The molecule has 4 heteroatoms. The number of benzene rings is 2. The number of aromatic nitrogens is 2. The maximum atomic E-state index is 9.39. The fourth-order valence-corrected chi connectivity index (χ4v) is 3.34. The molecule has 0 spiro atoms. The van der Waals surface area contributed by atoms with Crippen molar-refractivity contribution < 1.29 is 4.74 Å². The maximum absolute atomic E-state index is 9.39. The number of rotatable bonds is 4. The second kappa shape index (κ2) is 6.82. The van der Waals surface area contributed by atoms with Crippen LogP contribution in [0.5, 0.6) is 11.5 Å². The summed E-state index contributed by atoms with van der Waals surface area (Å²) in [4.78, 5) is 7.36. The number of hydrogen-bond donors (Lipinski definition) is 1. The van der Waals surface area contributed by atoms with Crippen LogP contribution < -0.4 is 4.74 Å². The molecule has 1 aliphatic carbocycles. The molecule has 25 heavy (non-hydrogen) atoms. The summed E-state index contributed by atoms with van der Waals surface area (Å²) >= 11 is 0. The molecule has 0 bridgehead atoms. The molecule has 2 aromatic carbocycles. The van der Waals surface area contributed by atoms with Crippen LogP contribution in [0.3, 0.4) is 0 Å². The highest BCUT2D eigenvalue weighted by atomic mass is 16.5. The molecule has 124 valence electrons. The molecule has 4 nitrogen and oxygen atoms in total. The zero-order valence-electron chi connectivity index (χ0n) is 14.0. The van der Waals surface area contributed by atoms with Crippen LogP contribution in [0.2, 0.25) is 0 Å². The van der Waals surface area contributed by atoms with Crippen molar-refractivity contribution in [3.63, 3.8) is 0 Å². The van der Waals surface area contributed by atoms with Crippen LogP contribution >= 0.6 is 0 Å². The van der Waals surface area contributed by atoms with Crippen molar-refractivity contribution in [1.82, 2.24) is 9.97 Å². The summed E-state index contributed by atoms with van der Waals surface area (Å²) in [7, 11) is 0. The minimum atomic E-state index is 0.543. The second-order valence-corrected chi connectivity index (χ2v) is 6.39. The normalized spacial score (nSPS) is 13.1. The van der Waals surface area contributed by atoms with Gasteiger partial charge in [-0.1, -0.05) is 12.1 Å². The monoisotopic (exact) mass is 329 g/mol. The van der Waals surface area contributed by atoms with Crippen LogP contribution in [0, 0.1) is 11.3 Å². The van der Waals surface area contributed by atoms with Crippen molar-refractivity contribution in [3.05, 3.63) is 76.9 Å². The van der Waals surface area contributed by atoms with Crippen LogP contribution in [0.1, 0.15) is 40.9 Å². The molecular weight excluding hydrogens is 310 g/mol. The molecule has 0 aliphatic heterocycles. The number of nitrogens with zero attached hydrogens (tertiary/aromatic N) is 2. The van der Waals surface area contributed by atoms with Gasteiger partial charge >= 0.3 is 0 Å². The number of ether oxygens (including phenoxy) is 1. The van der Waals surface area contributed by atoms with Gasteiger partial charge in [0.25, 0.3) is 0 Å². The lowest BCUT2D eigenvalue weighted by atomic mass is 9.92. The Labute approximate surface area is 147 Å². The fourth-order valence-electron chi connectivity index (χ4n) is 3.34. The molecule has 1 heterocycles. The van der Waals surface area contributed by atoms with Crippen LogP contribution in [-0.4, -0.2) is 9.97 Å². The largest absolute Gasteiger partial charge is 0.456 e. The molecule has 0 unspecified atom stereocenters. The predicted octanol–water partition coefficient (Wildman–Crippen LogP) is 4.54. The Balaban J connectivity index is 1.61. The number of hydrogen-bond acceptors (Lipinski definition) is 3. The van der Waals surface area contributed by atoms with Crippen molar-refractivity contribution in [2.24, 2.45) is 0 Å².